The summed E-state index contributed by atoms with van der Waals surface area (Å²) in [4.78, 5) is 0. The van der Waals surface area contributed by atoms with Gasteiger partial charge in [0.25, 0.3) is 0 Å². The third kappa shape index (κ3) is 3.42. The number of hydrogen-bond donors (Lipinski definition) is 1. The van der Waals surface area contributed by atoms with Crippen LogP contribution < -0.4 is 5.32 Å². The van der Waals surface area contributed by atoms with Gasteiger partial charge in [-0.2, -0.15) is 0 Å². The van der Waals surface area contributed by atoms with Crippen molar-refractivity contribution in [2.24, 2.45) is 0 Å². The zero-order chi connectivity index (χ0) is 14.5. The molecule has 0 fully saturated rings. The monoisotopic (exact) mass is 279 g/mol. The fraction of sp³-hybridized carbons (Fsp3) is 0.0588. The van der Waals surface area contributed by atoms with Crippen molar-refractivity contribution in [2.45, 2.75) is 6.54 Å². The lowest BCUT2D eigenvalue weighted by molar-refractivity contribution is 0.628. The number of hydrogen-bond acceptors (Lipinski definition) is 3. The summed E-state index contributed by atoms with van der Waals surface area (Å²) in [5.74, 6) is 0.456. The standard InChI is InChI=1S/C17H14FN3/c18-15-8-6-14(7-9-15)16-10-11-17(21-20-16)19-12-13-4-2-1-3-5-13/h1-11H,12H2,(H,19,21). The molecule has 1 N–H and O–H groups in total. The minimum absolute atomic E-state index is 0.257. The largest absolute Gasteiger partial charge is 0.365 e. The predicted molar refractivity (Wildman–Crippen MR) is 81.2 cm³/mol. The van der Waals surface area contributed by atoms with Crippen molar-refractivity contribution in [3.63, 3.8) is 0 Å². The summed E-state index contributed by atoms with van der Waals surface area (Å²) in [5.41, 5.74) is 2.75. The number of aromatic nitrogens is 2. The van der Waals surface area contributed by atoms with Crippen LogP contribution in [0.15, 0.2) is 66.7 Å². The van der Waals surface area contributed by atoms with E-state index in [0.29, 0.717) is 12.4 Å². The highest BCUT2D eigenvalue weighted by Gasteiger charge is 2.01. The molecule has 0 unspecified atom stereocenters. The van der Waals surface area contributed by atoms with Gasteiger partial charge in [0.05, 0.1) is 5.69 Å². The van der Waals surface area contributed by atoms with Crippen LogP contribution in [0.5, 0.6) is 0 Å². The smallest absolute Gasteiger partial charge is 0.148 e. The van der Waals surface area contributed by atoms with E-state index in [0.717, 1.165) is 11.3 Å². The lowest BCUT2D eigenvalue weighted by Crippen LogP contribution is -2.02. The van der Waals surface area contributed by atoms with Gasteiger partial charge in [0.2, 0.25) is 0 Å². The molecular weight excluding hydrogens is 265 g/mol. The molecule has 2 aromatic carbocycles. The molecule has 0 saturated heterocycles. The van der Waals surface area contributed by atoms with Crippen LogP contribution in [0.3, 0.4) is 0 Å². The summed E-state index contributed by atoms with van der Waals surface area (Å²) < 4.78 is 12.9. The topological polar surface area (TPSA) is 37.8 Å². The Morgan fingerprint density at radius 3 is 2.24 bits per heavy atom. The first kappa shape index (κ1) is 13.2. The Hall–Kier alpha value is -2.75. The number of nitrogens with zero attached hydrogens (tertiary/aromatic N) is 2. The third-order valence-electron chi connectivity index (χ3n) is 3.12. The van der Waals surface area contributed by atoms with Gasteiger partial charge in [-0.25, -0.2) is 4.39 Å². The van der Waals surface area contributed by atoms with Crippen molar-refractivity contribution in [3.05, 3.63) is 78.1 Å². The molecule has 104 valence electrons. The fourth-order valence-electron chi connectivity index (χ4n) is 1.99. The van der Waals surface area contributed by atoms with E-state index in [4.69, 9.17) is 0 Å². The highest BCUT2D eigenvalue weighted by Crippen LogP contribution is 2.17. The van der Waals surface area contributed by atoms with Gasteiger partial charge >= 0.3 is 0 Å². The number of anilines is 1. The molecule has 0 bridgehead atoms. The first-order valence-corrected chi connectivity index (χ1v) is 6.69. The molecule has 4 heteroatoms. The van der Waals surface area contributed by atoms with Crippen LogP contribution in [0, 0.1) is 5.82 Å². The van der Waals surface area contributed by atoms with Crippen molar-refractivity contribution >= 4 is 5.82 Å². The summed E-state index contributed by atoms with van der Waals surface area (Å²) in [6.45, 7) is 0.700. The highest BCUT2D eigenvalue weighted by molar-refractivity contribution is 5.59. The zero-order valence-electron chi connectivity index (χ0n) is 11.3. The Morgan fingerprint density at radius 2 is 1.57 bits per heavy atom. The molecule has 1 aromatic heterocycles. The quantitative estimate of drug-likeness (QED) is 0.787. The molecule has 0 aliphatic heterocycles. The van der Waals surface area contributed by atoms with Crippen LogP contribution in [0.1, 0.15) is 5.56 Å². The summed E-state index contributed by atoms with van der Waals surface area (Å²) in [6.07, 6.45) is 0. The minimum Gasteiger partial charge on any atom is -0.365 e. The maximum Gasteiger partial charge on any atom is 0.148 e. The zero-order valence-corrected chi connectivity index (χ0v) is 11.3. The van der Waals surface area contributed by atoms with E-state index in [1.807, 2.05) is 42.5 Å². The van der Waals surface area contributed by atoms with Gasteiger partial charge in [-0.3, -0.25) is 0 Å². The Bertz CT molecular complexity index is 694. The first-order chi connectivity index (χ1) is 10.3. The molecule has 0 aliphatic carbocycles. The summed E-state index contributed by atoms with van der Waals surface area (Å²) in [5, 5.41) is 11.5. The first-order valence-electron chi connectivity index (χ1n) is 6.69. The van der Waals surface area contributed by atoms with Crippen molar-refractivity contribution < 1.29 is 4.39 Å². The Balaban J connectivity index is 1.68. The van der Waals surface area contributed by atoms with Gasteiger partial charge < -0.3 is 5.32 Å². The molecule has 0 spiro atoms. The lowest BCUT2D eigenvalue weighted by Gasteiger charge is -2.06. The molecular formula is C17H14FN3. The van der Waals surface area contributed by atoms with Gasteiger partial charge in [0, 0.05) is 12.1 Å². The Kier molecular flexibility index (Phi) is 3.87. The van der Waals surface area contributed by atoms with Crippen LogP contribution >= 0.6 is 0 Å². The third-order valence-corrected chi connectivity index (χ3v) is 3.12. The van der Waals surface area contributed by atoms with Crippen LogP contribution in [0.4, 0.5) is 10.2 Å². The fourth-order valence-corrected chi connectivity index (χ4v) is 1.99. The van der Waals surface area contributed by atoms with Crippen molar-refractivity contribution in [3.8, 4) is 11.3 Å². The Morgan fingerprint density at radius 1 is 0.810 bits per heavy atom. The van der Waals surface area contributed by atoms with E-state index in [1.165, 1.54) is 17.7 Å². The summed E-state index contributed by atoms with van der Waals surface area (Å²) in [7, 11) is 0. The Labute approximate surface area is 122 Å². The molecule has 3 aromatic rings. The van der Waals surface area contributed by atoms with E-state index in [2.05, 4.69) is 15.5 Å². The van der Waals surface area contributed by atoms with Crippen molar-refractivity contribution in [2.75, 3.05) is 5.32 Å². The van der Waals surface area contributed by atoms with E-state index in [-0.39, 0.29) is 5.82 Å². The minimum atomic E-state index is -0.257. The number of nitrogens with one attached hydrogen (secondary N) is 1. The average molecular weight is 279 g/mol. The van der Waals surface area contributed by atoms with Crippen molar-refractivity contribution in [1.29, 1.82) is 0 Å². The van der Waals surface area contributed by atoms with Crippen LogP contribution in [-0.4, -0.2) is 10.2 Å². The molecule has 3 nitrogen and oxygen atoms in total. The van der Waals surface area contributed by atoms with E-state index in [1.54, 1.807) is 12.1 Å². The van der Waals surface area contributed by atoms with Gasteiger partial charge in [0.1, 0.15) is 11.6 Å². The second kappa shape index (κ2) is 6.13. The SMILES string of the molecule is Fc1ccc(-c2ccc(NCc3ccccc3)nn2)cc1. The van der Waals surface area contributed by atoms with Gasteiger partial charge in [-0.05, 0) is 42.0 Å². The second-order valence-corrected chi connectivity index (χ2v) is 4.65. The lowest BCUT2D eigenvalue weighted by atomic mass is 10.1. The van der Waals surface area contributed by atoms with Crippen LogP contribution in [0.25, 0.3) is 11.3 Å². The molecule has 0 atom stereocenters. The molecule has 0 radical (unpaired) electrons. The number of rotatable bonds is 4. The predicted octanol–water partition coefficient (Wildman–Crippen LogP) is 3.89. The number of halogens is 1. The molecule has 3 rings (SSSR count). The molecule has 1 heterocycles. The molecule has 0 saturated carbocycles. The van der Waals surface area contributed by atoms with Gasteiger partial charge in [0.15, 0.2) is 0 Å². The van der Waals surface area contributed by atoms with E-state index < -0.39 is 0 Å². The van der Waals surface area contributed by atoms with Gasteiger partial charge in [-0.1, -0.05) is 30.3 Å². The second-order valence-electron chi connectivity index (χ2n) is 4.65. The maximum absolute atomic E-state index is 12.9. The summed E-state index contributed by atoms with van der Waals surface area (Å²) in [6, 6.07) is 20.0. The van der Waals surface area contributed by atoms with Crippen LogP contribution in [0.2, 0.25) is 0 Å². The van der Waals surface area contributed by atoms with E-state index in [9.17, 15) is 4.39 Å². The summed E-state index contributed by atoms with van der Waals surface area (Å²) >= 11 is 0. The van der Waals surface area contributed by atoms with Gasteiger partial charge in [-0.15, -0.1) is 10.2 Å². The molecule has 21 heavy (non-hydrogen) atoms. The average Bonchev–Trinajstić information content (AvgIpc) is 2.55. The van der Waals surface area contributed by atoms with Crippen molar-refractivity contribution in [1.82, 2.24) is 10.2 Å². The molecule has 0 aliphatic rings. The normalized spacial score (nSPS) is 10.3. The van der Waals surface area contributed by atoms with Crippen LogP contribution in [-0.2, 0) is 6.54 Å². The number of benzene rings is 2. The maximum atomic E-state index is 12.9. The highest BCUT2D eigenvalue weighted by atomic mass is 19.1. The molecule has 0 amide bonds. The van der Waals surface area contributed by atoms with E-state index >= 15 is 0 Å².